The molecular weight excluding hydrogens is 260 g/mol. The van der Waals surface area contributed by atoms with E-state index in [-0.39, 0.29) is 18.5 Å². The molecular formula is C13H22N4O3. The lowest BCUT2D eigenvalue weighted by atomic mass is 10.1. The summed E-state index contributed by atoms with van der Waals surface area (Å²) >= 11 is 0. The van der Waals surface area contributed by atoms with Crippen LogP contribution < -0.4 is 10.6 Å². The van der Waals surface area contributed by atoms with E-state index in [1.54, 1.807) is 12.4 Å². The van der Waals surface area contributed by atoms with E-state index in [0.717, 1.165) is 25.1 Å². The van der Waals surface area contributed by atoms with Crippen molar-refractivity contribution in [1.29, 1.82) is 0 Å². The van der Waals surface area contributed by atoms with E-state index in [9.17, 15) is 9.59 Å². The number of imidazole rings is 1. The Kier molecular flexibility index (Phi) is 7.16. The number of aromatic nitrogens is 2. The molecule has 0 spiro atoms. The van der Waals surface area contributed by atoms with Crippen LogP contribution in [0, 0.1) is 0 Å². The van der Waals surface area contributed by atoms with Crippen LogP contribution in [0.4, 0.5) is 4.79 Å². The Morgan fingerprint density at radius 3 is 2.90 bits per heavy atom. The highest BCUT2D eigenvalue weighted by Gasteiger charge is 2.14. The van der Waals surface area contributed by atoms with Gasteiger partial charge in [-0.25, -0.2) is 9.78 Å². The molecule has 1 aromatic rings. The molecule has 4 N–H and O–H groups in total. The summed E-state index contributed by atoms with van der Waals surface area (Å²) in [5, 5.41) is 14.2. The van der Waals surface area contributed by atoms with Crippen molar-refractivity contribution >= 4 is 12.0 Å². The average molecular weight is 282 g/mol. The fraction of sp³-hybridized carbons (Fsp3) is 0.615. The highest BCUT2D eigenvalue weighted by molar-refractivity contribution is 5.75. The highest BCUT2D eigenvalue weighted by atomic mass is 16.4. The molecule has 0 saturated heterocycles. The summed E-state index contributed by atoms with van der Waals surface area (Å²) in [6.07, 6.45) is 6.43. The van der Waals surface area contributed by atoms with Gasteiger partial charge >= 0.3 is 12.0 Å². The monoisotopic (exact) mass is 282 g/mol. The number of nitrogens with zero attached hydrogens (tertiary/aromatic N) is 1. The number of carbonyl (C=O) groups is 2. The number of aromatic amines is 1. The van der Waals surface area contributed by atoms with Gasteiger partial charge in [-0.2, -0.15) is 0 Å². The molecule has 1 aromatic heterocycles. The average Bonchev–Trinajstić information content (AvgIpc) is 2.87. The number of aliphatic carboxylic acids is 1. The summed E-state index contributed by atoms with van der Waals surface area (Å²) in [4.78, 5) is 29.4. The van der Waals surface area contributed by atoms with Gasteiger partial charge in [0, 0.05) is 31.4 Å². The van der Waals surface area contributed by atoms with Crippen molar-refractivity contribution in [2.45, 2.75) is 45.1 Å². The number of nitrogens with one attached hydrogen (secondary N) is 3. The quantitative estimate of drug-likeness (QED) is 0.512. The smallest absolute Gasteiger partial charge is 0.315 e. The molecule has 0 aliphatic carbocycles. The first-order valence-corrected chi connectivity index (χ1v) is 6.86. The molecule has 7 heteroatoms. The molecule has 0 aromatic carbocycles. The minimum atomic E-state index is -0.901. The zero-order valence-electron chi connectivity index (χ0n) is 11.7. The molecule has 112 valence electrons. The lowest BCUT2D eigenvalue weighted by Crippen LogP contribution is -2.43. The molecule has 0 bridgehead atoms. The Hall–Kier alpha value is -2.05. The SMILES string of the molecule is CCCC(CC(=O)O)NC(=O)NCCCc1ncc[nH]1. The molecule has 0 aliphatic rings. The van der Waals surface area contributed by atoms with Gasteiger partial charge in [-0.15, -0.1) is 0 Å². The number of hydrogen-bond donors (Lipinski definition) is 4. The predicted molar refractivity (Wildman–Crippen MR) is 74.4 cm³/mol. The van der Waals surface area contributed by atoms with E-state index in [1.807, 2.05) is 6.92 Å². The first-order chi connectivity index (χ1) is 9.61. The fourth-order valence-corrected chi connectivity index (χ4v) is 1.91. The van der Waals surface area contributed by atoms with Crippen LogP contribution in [0.2, 0.25) is 0 Å². The maximum absolute atomic E-state index is 11.6. The predicted octanol–water partition coefficient (Wildman–Crippen LogP) is 1.28. The second-order valence-electron chi connectivity index (χ2n) is 4.62. The van der Waals surface area contributed by atoms with Crippen molar-refractivity contribution in [3.05, 3.63) is 18.2 Å². The third kappa shape index (κ3) is 6.77. The van der Waals surface area contributed by atoms with Gasteiger partial charge in [0.05, 0.1) is 6.42 Å². The number of amides is 2. The zero-order valence-corrected chi connectivity index (χ0v) is 11.7. The summed E-state index contributed by atoms with van der Waals surface area (Å²) in [5.41, 5.74) is 0. The van der Waals surface area contributed by atoms with Crippen LogP contribution in [-0.4, -0.2) is 39.7 Å². The van der Waals surface area contributed by atoms with Gasteiger partial charge in [0.15, 0.2) is 0 Å². The summed E-state index contributed by atoms with van der Waals surface area (Å²) < 4.78 is 0. The standard InChI is InChI=1S/C13H22N4O3/c1-2-4-10(9-12(18)19)17-13(20)16-6-3-5-11-14-7-8-15-11/h7-8,10H,2-6,9H2,1H3,(H,14,15)(H,18,19)(H2,16,17,20). The number of carboxylic acid groups (broad SMARTS) is 1. The van der Waals surface area contributed by atoms with E-state index in [1.165, 1.54) is 0 Å². The summed E-state index contributed by atoms with van der Waals surface area (Å²) in [6.45, 7) is 2.48. The first kappa shape index (κ1) is 16.0. The first-order valence-electron chi connectivity index (χ1n) is 6.86. The molecule has 1 atom stereocenters. The fourth-order valence-electron chi connectivity index (χ4n) is 1.91. The van der Waals surface area contributed by atoms with Crippen LogP contribution in [0.15, 0.2) is 12.4 Å². The lowest BCUT2D eigenvalue weighted by molar-refractivity contribution is -0.137. The maximum Gasteiger partial charge on any atom is 0.315 e. The number of urea groups is 1. The Balaban J connectivity index is 2.18. The summed E-state index contributed by atoms with van der Waals surface area (Å²) in [5.74, 6) is -0.0106. The number of carboxylic acids is 1. The van der Waals surface area contributed by atoms with Gasteiger partial charge in [-0.05, 0) is 12.8 Å². The minimum absolute atomic E-state index is 0.0480. The summed E-state index contributed by atoms with van der Waals surface area (Å²) in [7, 11) is 0. The van der Waals surface area contributed by atoms with Crippen molar-refractivity contribution in [3.8, 4) is 0 Å². The van der Waals surface area contributed by atoms with Gasteiger partial charge in [-0.3, -0.25) is 4.79 Å². The van der Waals surface area contributed by atoms with Crippen molar-refractivity contribution < 1.29 is 14.7 Å². The Labute approximate surface area is 118 Å². The van der Waals surface area contributed by atoms with Crippen LogP contribution in [-0.2, 0) is 11.2 Å². The van der Waals surface area contributed by atoms with Crippen LogP contribution in [0.1, 0.15) is 38.4 Å². The minimum Gasteiger partial charge on any atom is -0.481 e. The third-order valence-electron chi connectivity index (χ3n) is 2.82. The Morgan fingerprint density at radius 1 is 1.50 bits per heavy atom. The second kappa shape index (κ2) is 8.95. The molecule has 1 rings (SSSR count). The number of H-pyrrole nitrogens is 1. The topological polar surface area (TPSA) is 107 Å². The van der Waals surface area contributed by atoms with Gasteiger partial charge in [0.25, 0.3) is 0 Å². The molecule has 2 amide bonds. The molecule has 0 radical (unpaired) electrons. The van der Waals surface area contributed by atoms with Crippen molar-refractivity contribution in [2.75, 3.05) is 6.54 Å². The maximum atomic E-state index is 11.6. The second-order valence-corrected chi connectivity index (χ2v) is 4.62. The van der Waals surface area contributed by atoms with Crippen LogP contribution in [0.3, 0.4) is 0 Å². The third-order valence-corrected chi connectivity index (χ3v) is 2.82. The zero-order chi connectivity index (χ0) is 14.8. The van der Waals surface area contributed by atoms with E-state index in [4.69, 9.17) is 5.11 Å². The summed E-state index contributed by atoms with van der Waals surface area (Å²) in [6, 6.07) is -0.633. The van der Waals surface area contributed by atoms with Crippen molar-refractivity contribution in [3.63, 3.8) is 0 Å². The number of aryl methyl sites for hydroxylation is 1. The van der Waals surface area contributed by atoms with E-state index in [2.05, 4.69) is 20.6 Å². The van der Waals surface area contributed by atoms with E-state index in [0.29, 0.717) is 13.0 Å². The number of carbonyl (C=O) groups excluding carboxylic acids is 1. The highest BCUT2D eigenvalue weighted by Crippen LogP contribution is 2.01. The largest absolute Gasteiger partial charge is 0.481 e. The van der Waals surface area contributed by atoms with Crippen LogP contribution >= 0.6 is 0 Å². The lowest BCUT2D eigenvalue weighted by Gasteiger charge is -2.16. The molecule has 0 fully saturated rings. The van der Waals surface area contributed by atoms with Crippen LogP contribution in [0.25, 0.3) is 0 Å². The number of rotatable bonds is 9. The molecule has 1 unspecified atom stereocenters. The van der Waals surface area contributed by atoms with Gasteiger partial charge in [0.2, 0.25) is 0 Å². The molecule has 1 heterocycles. The molecule has 20 heavy (non-hydrogen) atoms. The number of hydrogen-bond acceptors (Lipinski definition) is 3. The molecule has 0 aliphatic heterocycles. The molecule has 7 nitrogen and oxygen atoms in total. The van der Waals surface area contributed by atoms with E-state index < -0.39 is 5.97 Å². The van der Waals surface area contributed by atoms with Gasteiger partial charge in [-0.1, -0.05) is 13.3 Å². The van der Waals surface area contributed by atoms with E-state index >= 15 is 0 Å². The van der Waals surface area contributed by atoms with Gasteiger partial charge in [0.1, 0.15) is 5.82 Å². The van der Waals surface area contributed by atoms with Gasteiger partial charge < -0.3 is 20.7 Å². The molecule has 0 saturated carbocycles. The Morgan fingerprint density at radius 2 is 2.30 bits per heavy atom. The van der Waals surface area contributed by atoms with Crippen molar-refractivity contribution in [2.24, 2.45) is 0 Å². The van der Waals surface area contributed by atoms with Crippen LogP contribution in [0.5, 0.6) is 0 Å². The van der Waals surface area contributed by atoms with Crippen molar-refractivity contribution in [1.82, 2.24) is 20.6 Å². The normalized spacial score (nSPS) is 11.8. The Bertz CT molecular complexity index is 406.